The summed E-state index contributed by atoms with van der Waals surface area (Å²) in [6.45, 7) is 0. The van der Waals surface area contributed by atoms with Crippen molar-refractivity contribution in [1.29, 1.82) is 0 Å². The molecule has 0 aromatic heterocycles. The predicted octanol–water partition coefficient (Wildman–Crippen LogP) is 1.96. The summed E-state index contributed by atoms with van der Waals surface area (Å²) in [6, 6.07) is 7.33. The molecule has 0 heterocycles. The van der Waals surface area contributed by atoms with Crippen molar-refractivity contribution in [3.05, 3.63) is 29.8 Å². The van der Waals surface area contributed by atoms with Crippen LogP contribution in [0.15, 0.2) is 29.2 Å². The number of carbonyl (C=O) groups excluding carboxylic acids is 2. The quantitative estimate of drug-likeness (QED) is 0.485. The average Bonchev–Trinajstić information content (AvgIpc) is 2.38. The predicted molar refractivity (Wildman–Crippen MR) is 69.4 cm³/mol. The lowest BCUT2D eigenvalue weighted by Gasteiger charge is -2.10. The van der Waals surface area contributed by atoms with E-state index in [1.165, 1.54) is 7.11 Å². The van der Waals surface area contributed by atoms with Crippen LogP contribution in [0.1, 0.15) is 24.5 Å². The van der Waals surface area contributed by atoms with Crippen molar-refractivity contribution >= 4 is 23.5 Å². The molecule has 98 valence electrons. The highest BCUT2D eigenvalue weighted by atomic mass is 32.2. The molecule has 0 amide bonds. The maximum atomic E-state index is 11.5. The van der Waals surface area contributed by atoms with E-state index in [1.807, 2.05) is 18.4 Å². The van der Waals surface area contributed by atoms with Gasteiger partial charge in [-0.1, -0.05) is 12.1 Å². The third-order valence-corrected chi connectivity index (χ3v) is 3.23. The number of hydrogen-bond acceptors (Lipinski definition) is 5. The van der Waals surface area contributed by atoms with Crippen molar-refractivity contribution in [3.8, 4) is 0 Å². The summed E-state index contributed by atoms with van der Waals surface area (Å²) >= 11 is 1.60. The van der Waals surface area contributed by atoms with E-state index in [9.17, 15) is 14.7 Å². The Hall–Kier alpha value is -1.33. The first-order valence-corrected chi connectivity index (χ1v) is 6.69. The lowest BCUT2D eigenvalue weighted by Crippen LogP contribution is -2.12. The standard InChI is InChI=1S/C13H16O4S/c1-17-13(16)8-10(14)7-12(15)9-3-5-11(18-2)6-4-9/h3-6,12,15H,7-8H2,1-2H3. The highest BCUT2D eigenvalue weighted by Crippen LogP contribution is 2.21. The maximum Gasteiger partial charge on any atom is 0.313 e. The molecule has 4 nitrogen and oxygen atoms in total. The summed E-state index contributed by atoms with van der Waals surface area (Å²) in [5.41, 5.74) is 0.672. The molecule has 0 bridgehead atoms. The number of carbonyl (C=O) groups is 2. The number of ether oxygens (including phenoxy) is 1. The monoisotopic (exact) mass is 268 g/mol. The van der Waals surface area contributed by atoms with Crippen molar-refractivity contribution in [2.45, 2.75) is 23.8 Å². The second-order valence-electron chi connectivity index (χ2n) is 3.78. The number of Topliss-reactive ketones (excluding diaryl/α,β-unsaturated/α-hetero) is 1. The number of esters is 1. The van der Waals surface area contributed by atoms with Gasteiger partial charge in [-0.05, 0) is 24.0 Å². The number of rotatable bonds is 6. The zero-order valence-electron chi connectivity index (χ0n) is 10.4. The van der Waals surface area contributed by atoms with E-state index in [-0.39, 0.29) is 18.6 Å². The number of aliphatic hydroxyl groups excluding tert-OH is 1. The molecular weight excluding hydrogens is 252 g/mol. The van der Waals surface area contributed by atoms with Crippen LogP contribution in [0.3, 0.4) is 0 Å². The van der Waals surface area contributed by atoms with Crippen molar-refractivity contribution in [3.63, 3.8) is 0 Å². The fraction of sp³-hybridized carbons (Fsp3) is 0.385. The number of ketones is 1. The van der Waals surface area contributed by atoms with E-state index < -0.39 is 12.1 Å². The van der Waals surface area contributed by atoms with E-state index in [0.29, 0.717) is 5.56 Å². The Kier molecular flexibility index (Phi) is 5.88. The van der Waals surface area contributed by atoms with E-state index in [1.54, 1.807) is 23.9 Å². The third kappa shape index (κ3) is 4.50. The number of aliphatic hydroxyl groups is 1. The van der Waals surface area contributed by atoms with E-state index >= 15 is 0 Å². The molecule has 0 fully saturated rings. The smallest absolute Gasteiger partial charge is 0.313 e. The van der Waals surface area contributed by atoms with Crippen LogP contribution >= 0.6 is 11.8 Å². The van der Waals surface area contributed by atoms with E-state index in [4.69, 9.17) is 0 Å². The normalized spacial score (nSPS) is 11.9. The minimum atomic E-state index is -0.877. The molecule has 0 aliphatic rings. The summed E-state index contributed by atoms with van der Waals surface area (Å²) < 4.78 is 4.39. The molecule has 1 aromatic carbocycles. The molecule has 1 rings (SSSR count). The Bertz CT molecular complexity index is 414. The second-order valence-corrected chi connectivity index (χ2v) is 4.66. The Morgan fingerprint density at radius 3 is 2.44 bits per heavy atom. The lowest BCUT2D eigenvalue weighted by atomic mass is 10.0. The van der Waals surface area contributed by atoms with Gasteiger partial charge in [0.25, 0.3) is 0 Å². The maximum absolute atomic E-state index is 11.5. The molecule has 0 aliphatic heterocycles. The molecule has 1 N–H and O–H groups in total. The van der Waals surface area contributed by atoms with E-state index in [2.05, 4.69) is 4.74 Å². The summed E-state index contributed by atoms with van der Waals surface area (Å²) in [7, 11) is 1.23. The molecular formula is C13H16O4S. The molecule has 1 unspecified atom stereocenters. The summed E-state index contributed by atoms with van der Waals surface area (Å²) in [5.74, 6) is -0.909. The van der Waals surface area contributed by atoms with Gasteiger partial charge in [0.2, 0.25) is 0 Å². The number of hydrogen-bond donors (Lipinski definition) is 1. The SMILES string of the molecule is COC(=O)CC(=O)CC(O)c1ccc(SC)cc1. The van der Waals surface area contributed by atoms with Crippen LogP contribution in [0.5, 0.6) is 0 Å². The average molecular weight is 268 g/mol. The van der Waals surface area contributed by atoms with Crippen LogP contribution in [0.25, 0.3) is 0 Å². The van der Waals surface area contributed by atoms with Gasteiger partial charge in [-0.15, -0.1) is 11.8 Å². The Labute approximate surface area is 110 Å². The Morgan fingerprint density at radius 1 is 1.33 bits per heavy atom. The zero-order chi connectivity index (χ0) is 13.5. The van der Waals surface area contributed by atoms with Crippen LogP contribution in [0, 0.1) is 0 Å². The molecule has 18 heavy (non-hydrogen) atoms. The molecule has 0 aliphatic carbocycles. The van der Waals surface area contributed by atoms with Crippen molar-refractivity contribution in [2.75, 3.05) is 13.4 Å². The van der Waals surface area contributed by atoms with Crippen LogP contribution in [-0.4, -0.2) is 30.2 Å². The molecule has 5 heteroatoms. The zero-order valence-corrected chi connectivity index (χ0v) is 11.2. The van der Waals surface area contributed by atoms with Gasteiger partial charge in [0.1, 0.15) is 12.2 Å². The Balaban J connectivity index is 2.56. The first kappa shape index (κ1) is 14.7. The molecule has 1 aromatic rings. The lowest BCUT2D eigenvalue weighted by molar-refractivity contribution is -0.143. The highest BCUT2D eigenvalue weighted by Gasteiger charge is 2.16. The van der Waals surface area contributed by atoms with Gasteiger partial charge in [-0.25, -0.2) is 0 Å². The van der Waals surface area contributed by atoms with Crippen LogP contribution in [0.4, 0.5) is 0 Å². The van der Waals surface area contributed by atoms with Gasteiger partial charge in [-0.2, -0.15) is 0 Å². The summed E-state index contributed by atoms with van der Waals surface area (Å²) in [6.07, 6.45) is 0.716. The second kappa shape index (κ2) is 7.18. The van der Waals surface area contributed by atoms with E-state index in [0.717, 1.165) is 4.90 Å². The minimum absolute atomic E-state index is 0.0757. The molecule has 0 saturated carbocycles. The molecule has 0 radical (unpaired) electrons. The fourth-order valence-corrected chi connectivity index (χ4v) is 1.87. The van der Waals surface area contributed by atoms with Crippen LogP contribution in [0.2, 0.25) is 0 Å². The minimum Gasteiger partial charge on any atom is -0.469 e. The number of benzene rings is 1. The van der Waals surface area contributed by atoms with Gasteiger partial charge in [0.05, 0.1) is 13.2 Å². The molecule has 1 atom stereocenters. The fourth-order valence-electron chi connectivity index (χ4n) is 1.46. The first-order valence-electron chi connectivity index (χ1n) is 5.47. The highest BCUT2D eigenvalue weighted by molar-refractivity contribution is 7.98. The largest absolute Gasteiger partial charge is 0.469 e. The van der Waals surface area contributed by atoms with Gasteiger partial charge >= 0.3 is 5.97 Å². The first-order chi connectivity index (χ1) is 8.56. The summed E-state index contributed by atoms with van der Waals surface area (Å²) in [5, 5.41) is 9.86. The Morgan fingerprint density at radius 2 is 1.94 bits per heavy atom. The van der Waals surface area contributed by atoms with Crippen molar-refractivity contribution in [2.24, 2.45) is 0 Å². The van der Waals surface area contributed by atoms with Crippen LogP contribution < -0.4 is 0 Å². The van der Waals surface area contributed by atoms with Crippen molar-refractivity contribution < 1.29 is 19.4 Å². The van der Waals surface area contributed by atoms with Gasteiger partial charge in [0, 0.05) is 11.3 Å². The van der Waals surface area contributed by atoms with Gasteiger partial charge in [0.15, 0.2) is 0 Å². The van der Waals surface area contributed by atoms with Crippen LogP contribution in [-0.2, 0) is 14.3 Å². The topological polar surface area (TPSA) is 63.6 Å². The van der Waals surface area contributed by atoms with Gasteiger partial charge < -0.3 is 9.84 Å². The van der Waals surface area contributed by atoms with Crippen molar-refractivity contribution in [1.82, 2.24) is 0 Å². The number of thioether (sulfide) groups is 1. The molecule has 0 spiro atoms. The van der Waals surface area contributed by atoms with Gasteiger partial charge in [-0.3, -0.25) is 9.59 Å². The molecule has 0 saturated heterocycles. The summed E-state index contributed by atoms with van der Waals surface area (Å²) in [4.78, 5) is 23.4. The third-order valence-electron chi connectivity index (χ3n) is 2.49. The number of methoxy groups -OCH3 is 1.